The molecule has 1 aliphatic rings. The standard InChI is InChI=1S/C15H17N3O/c16-11-6-4-5-10(9-11)14-17-13-8-3-1-2-7-12(13)15(19)18-14/h4-6,9H,1-3,7-8,16H2,(H,17,18,19). The fourth-order valence-corrected chi connectivity index (χ4v) is 2.60. The molecule has 0 saturated carbocycles. The van der Waals surface area contributed by atoms with E-state index in [1.165, 1.54) is 6.42 Å². The number of nitrogens with two attached hydrogens (primary N) is 1. The smallest absolute Gasteiger partial charge is 0.254 e. The molecule has 1 heterocycles. The monoisotopic (exact) mass is 255 g/mol. The molecule has 0 spiro atoms. The van der Waals surface area contributed by atoms with Crippen molar-refractivity contribution in [1.82, 2.24) is 9.97 Å². The summed E-state index contributed by atoms with van der Waals surface area (Å²) in [6.07, 6.45) is 5.10. The molecular formula is C15H17N3O. The molecule has 3 rings (SSSR count). The average Bonchev–Trinajstić information content (AvgIpc) is 2.64. The van der Waals surface area contributed by atoms with Gasteiger partial charge in [-0.15, -0.1) is 0 Å². The van der Waals surface area contributed by atoms with Gasteiger partial charge in [0, 0.05) is 16.8 Å². The van der Waals surface area contributed by atoms with E-state index in [2.05, 4.69) is 9.97 Å². The van der Waals surface area contributed by atoms with Gasteiger partial charge in [0.2, 0.25) is 0 Å². The van der Waals surface area contributed by atoms with Crippen molar-refractivity contribution in [3.05, 3.63) is 45.9 Å². The first-order chi connectivity index (χ1) is 9.24. The van der Waals surface area contributed by atoms with Crippen molar-refractivity contribution in [2.24, 2.45) is 0 Å². The lowest BCUT2D eigenvalue weighted by atomic mass is 10.1. The Hall–Kier alpha value is -2.10. The first-order valence-corrected chi connectivity index (χ1v) is 6.72. The van der Waals surface area contributed by atoms with Crippen LogP contribution in [0.2, 0.25) is 0 Å². The number of nitrogen functional groups attached to an aromatic ring is 1. The largest absolute Gasteiger partial charge is 0.399 e. The van der Waals surface area contributed by atoms with E-state index in [1.807, 2.05) is 24.3 Å². The average molecular weight is 255 g/mol. The highest BCUT2D eigenvalue weighted by Crippen LogP contribution is 2.20. The fourth-order valence-electron chi connectivity index (χ4n) is 2.60. The number of hydrogen-bond donors (Lipinski definition) is 2. The van der Waals surface area contributed by atoms with Gasteiger partial charge in [-0.1, -0.05) is 18.6 Å². The Morgan fingerprint density at radius 2 is 2.00 bits per heavy atom. The van der Waals surface area contributed by atoms with E-state index >= 15 is 0 Å². The van der Waals surface area contributed by atoms with Gasteiger partial charge in [-0.3, -0.25) is 4.79 Å². The van der Waals surface area contributed by atoms with Crippen LogP contribution >= 0.6 is 0 Å². The van der Waals surface area contributed by atoms with Crippen LogP contribution in [-0.2, 0) is 12.8 Å². The molecule has 0 bridgehead atoms. The zero-order chi connectivity index (χ0) is 13.2. The maximum absolute atomic E-state index is 12.2. The minimum Gasteiger partial charge on any atom is -0.399 e. The molecule has 0 saturated heterocycles. The Balaban J connectivity index is 2.11. The van der Waals surface area contributed by atoms with Gasteiger partial charge < -0.3 is 10.7 Å². The third-order valence-corrected chi connectivity index (χ3v) is 3.60. The summed E-state index contributed by atoms with van der Waals surface area (Å²) < 4.78 is 0. The second-order valence-electron chi connectivity index (χ2n) is 5.03. The first-order valence-electron chi connectivity index (χ1n) is 6.72. The van der Waals surface area contributed by atoms with Gasteiger partial charge >= 0.3 is 0 Å². The number of nitrogens with one attached hydrogen (secondary N) is 1. The predicted molar refractivity (Wildman–Crippen MR) is 76.0 cm³/mol. The molecular weight excluding hydrogens is 238 g/mol. The van der Waals surface area contributed by atoms with E-state index < -0.39 is 0 Å². The quantitative estimate of drug-likeness (QED) is 0.606. The summed E-state index contributed by atoms with van der Waals surface area (Å²) >= 11 is 0. The lowest BCUT2D eigenvalue weighted by molar-refractivity contribution is 0.708. The topological polar surface area (TPSA) is 71.8 Å². The van der Waals surface area contributed by atoms with Crippen LogP contribution in [0.4, 0.5) is 5.69 Å². The molecule has 0 aliphatic heterocycles. The van der Waals surface area contributed by atoms with Crippen LogP contribution in [0.25, 0.3) is 11.4 Å². The van der Waals surface area contributed by atoms with Gasteiger partial charge in [-0.25, -0.2) is 4.98 Å². The van der Waals surface area contributed by atoms with Crippen LogP contribution in [0.15, 0.2) is 29.1 Å². The van der Waals surface area contributed by atoms with Crippen LogP contribution in [0.3, 0.4) is 0 Å². The van der Waals surface area contributed by atoms with Gasteiger partial charge in [-0.05, 0) is 37.8 Å². The van der Waals surface area contributed by atoms with Crippen LogP contribution in [0.5, 0.6) is 0 Å². The zero-order valence-electron chi connectivity index (χ0n) is 10.8. The van der Waals surface area contributed by atoms with Crippen molar-refractivity contribution in [1.29, 1.82) is 0 Å². The summed E-state index contributed by atoms with van der Waals surface area (Å²) in [5.74, 6) is 0.623. The normalized spacial score (nSPS) is 14.7. The number of fused-ring (bicyclic) bond motifs is 1. The Bertz CT molecular complexity index is 661. The number of H-pyrrole nitrogens is 1. The highest BCUT2D eigenvalue weighted by Gasteiger charge is 2.14. The Kier molecular flexibility index (Phi) is 3.07. The maximum atomic E-state index is 12.2. The van der Waals surface area contributed by atoms with Gasteiger partial charge in [0.05, 0.1) is 5.69 Å². The van der Waals surface area contributed by atoms with Gasteiger partial charge in [0.15, 0.2) is 0 Å². The van der Waals surface area contributed by atoms with Crippen molar-refractivity contribution in [3.63, 3.8) is 0 Å². The van der Waals surface area contributed by atoms with Crippen molar-refractivity contribution in [3.8, 4) is 11.4 Å². The second-order valence-corrected chi connectivity index (χ2v) is 5.03. The Labute approximate surface area is 111 Å². The molecule has 98 valence electrons. The van der Waals surface area contributed by atoms with Crippen LogP contribution < -0.4 is 11.3 Å². The number of aromatic nitrogens is 2. The Morgan fingerprint density at radius 3 is 2.84 bits per heavy atom. The molecule has 1 aliphatic carbocycles. The molecule has 3 N–H and O–H groups in total. The number of anilines is 1. The van der Waals surface area contributed by atoms with Gasteiger partial charge in [0.1, 0.15) is 5.82 Å². The highest BCUT2D eigenvalue weighted by atomic mass is 16.1. The lowest BCUT2D eigenvalue weighted by Gasteiger charge is -2.07. The van der Waals surface area contributed by atoms with Gasteiger partial charge in [-0.2, -0.15) is 0 Å². The minimum atomic E-state index is 0.00400. The summed E-state index contributed by atoms with van der Waals surface area (Å²) in [5, 5.41) is 0. The summed E-state index contributed by atoms with van der Waals surface area (Å²) in [7, 11) is 0. The predicted octanol–water partition coefficient (Wildman–Crippen LogP) is 2.29. The van der Waals surface area contributed by atoms with E-state index in [4.69, 9.17) is 5.73 Å². The molecule has 19 heavy (non-hydrogen) atoms. The first kappa shape index (κ1) is 12.0. The van der Waals surface area contributed by atoms with E-state index in [1.54, 1.807) is 0 Å². The maximum Gasteiger partial charge on any atom is 0.254 e. The summed E-state index contributed by atoms with van der Waals surface area (Å²) in [6, 6.07) is 7.44. The van der Waals surface area contributed by atoms with E-state index in [-0.39, 0.29) is 5.56 Å². The molecule has 0 atom stereocenters. The number of aryl methyl sites for hydroxylation is 1. The number of nitrogens with zero attached hydrogens (tertiary/aromatic N) is 1. The lowest BCUT2D eigenvalue weighted by Crippen LogP contribution is -2.18. The Morgan fingerprint density at radius 1 is 1.16 bits per heavy atom. The molecule has 0 fully saturated rings. The van der Waals surface area contributed by atoms with E-state index in [0.29, 0.717) is 11.5 Å². The third-order valence-electron chi connectivity index (χ3n) is 3.60. The molecule has 0 unspecified atom stereocenters. The van der Waals surface area contributed by atoms with E-state index in [9.17, 15) is 4.79 Å². The van der Waals surface area contributed by atoms with Crippen LogP contribution in [-0.4, -0.2) is 9.97 Å². The second kappa shape index (κ2) is 4.88. The number of aromatic amines is 1. The molecule has 4 heteroatoms. The van der Waals surface area contributed by atoms with Gasteiger partial charge in [0.25, 0.3) is 5.56 Å². The number of hydrogen-bond acceptors (Lipinski definition) is 3. The molecule has 0 radical (unpaired) electrons. The number of benzene rings is 1. The van der Waals surface area contributed by atoms with Crippen LogP contribution in [0, 0.1) is 0 Å². The molecule has 0 amide bonds. The molecule has 1 aromatic heterocycles. The summed E-state index contributed by atoms with van der Waals surface area (Å²) in [6.45, 7) is 0. The SMILES string of the molecule is Nc1cccc(-c2nc3c(c(=O)[nH]2)CCCCC3)c1. The van der Waals surface area contributed by atoms with Crippen LogP contribution in [0.1, 0.15) is 30.5 Å². The molecule has 1 aromatic carbocycles. The zero-order valence-corrected chi connectivity index (χ0v) is 10.8. The fraction of sp³-hybridized carbons (Fsp3) is 0.333. The molecule has 4 nitrogen and oxygen atoms in total. The van der Waals surface area contributed by atoms with Crippen molar-refractivity contribution < 1.29 is 0 Å². The van der Waals surface area contributed by atoms with Crippen molar-refractivity contribution in [2.75, 3.05) is 5.73 Å². The highest BCUT2D eigenvalue weighted by molar-refractivity contribution is 5.61. The van der Waals surface area contributed by atoms with Crippen molar-refractivity contribution >= 4 is 5.69 Å². The third kappa shape index (κ3) is 2.38. The van der Waals surface area contributed by atoms with E-state index in [0.717, 1.165) is 42.5 Å². The number of rotatable bonds is 1. The molecule has 2 aromatic rings. The summed E-state index contributed by atoms with van der Waals surface area (Å²) in [5.41, 5.74) is 9.14. The minimum absolute atomic E-state index is 0.00400. The van der Waals surface area contributed by atoms with Crippen molar-refractivity contribution in [2.45, 2.75) is 32.1 Å². The summed E-state index contributed by atoms with van der Waals surface area (Å²) in [4.78, 5) is 19.7.